The maximum atomic E-state index is 12.6. The highest BCUT2D eigenvalue weighted by Gasteiger charge is 2.13. The number of nitrogens with zero attached hydrogens (tertiary/aromatic N) is 4. The molecule has 0 aliphatic carbocycles. The summed E-state index contributed by atoms with van der Waals surface area (Å²) in [5, 5.41) is 0.663. The summed E-state index contributed by atoms with van der Waals surface area (Å²) in [6.45, 7) is 7.56. The van der Waals surface area contributed by atoms with Gasteiger partial charge >= 0.3 is 0 Å². The number of likely N-dealkylation sites (N-methyl/N-ethyl adjacent to an activating group) is 1. The number of hydrogen-bond acceptors (Lipinski definition) is 4. The number of para-hydroxylation sites is 1. The first-order valence-corrected chi connectivity index (χ1v) is 8.52. The van der Waals surface area contributed by atoms with Crippen molar-refractivity contribution in [2.45, 2.75) is 39.9 Å². The van der Waals surface area contributed by atoms with E-state index in [0.29, 0.717) is 11.9 Å². The molecule has 0 amide bonds. The summed E-state index contributed by atoms with van der Waals surface area (Å²) >= 11 is 0. The van der Waals surface area contributed by atoms with Crippen LogP contribution in [0.1, 0.15) is 23.9 Å². The number of benzene rings is 1. The molecule has 5 nitrogen and oxygen atoms in total. The van der Waals surface area contributed by atoms with Crippen LogP contribution in [0, 0.1) is 13.8 Å². The second kappa shape index (κ2) is 7.15. The van der Waals surface area contributed by atoms with Gasteiger partial charge in [-0.25, -0.2) is 4.98 Å². The molecular weight excluding hydrogens is 312 g/mol. The zero-order chi connectivity index (χ0) is 18.0. The van der Waals surface area contributed by atoms with Crippen molar-refractivity contribution in [2.24, 2.45) is 0 Å². The first-order chi connectivity index (χ1) is 11.9. The molecule has 1 aromatic carbocycles. The van der Waals surface area contributed by atoms with Crippen molar-refractivity contribution < 1.29 is 0 Å². The Labute approximate surface area is 148 Å². The molecule has 0 bridgehead atoms. The van der Waals surface area contributed by atoms with Crippen LogP contribution in [0.15, 0.2) is 47.5 Å². The summed E-state index contributed by atoms with van der Waals surface area (Å²) in [6, 6.07) is 11.8. The Hall–Kier alpha value is -2.53. The van der Waals surface area contributed by atoms with Crippen molar-refractivity contribution in [2.75, 3.05) is 7.05 Å². The van der Waals surface area contributed by atoms with Gasteiger partial charge in [-0.3, -0.25) is 19.2 Å². The van der Waals surface area contributed by atoms with Crippen molar-refractivity contribution >= 4 is 10.9 Å². The molecule has 1 unspecified atom stereocenters. The van der Waals surface area contributed by atoms with Crippen LogP contribution in [-0.4, -0.2) is 32.5 Å². The van der Waals surface area contributed by atoms with Crippen molar-refractivity contribution in [1.29, 1.82) is 0 Å². The number of fused-ring (bicyclic) bond motifs is 1. The number of rotatable bonds is 5. The Morgan fingerprint density at radius 1 is 1.20 bits per heavy atom. The molecule has 2 aromatic heterocycles. The van der Waals surface area contributed by atoms with Gasteiger partial charge in [-0.15, -0.1) is 0 Å². The van der Waals surface area contributed by atoms with Gasteiger partial charge in [0, 0.05) is 24.8 Å². The maximum Gasteiger partial charge on any atom is 0.261 e. The third-order valence-corrected chi connectivity index (χ3v) is 4.51. The lowest BCUT2D eigenvalue weighted by atomic mass is 10.2. The molecule has 0 saturated heterocycles. The van der Waals surface area contributed by atoms with Gasteiger partial charge in [-0.1, -0.05) is 12.1 Å². The Balaban J connectivity index is 1.76. The Morgan fingerprint density at radius 2 is 1.96 bits per heavy atom. The van der Waals surface area contributed by atoms with Gasteiger partial charge < -0.3 is 0 Å². The smallest absolute Gasteiger partial charge is 0.261 e. The fraction of sp³-hybridized carbons (Fsp3) is 0.350. The minimum Gasteiger partial charge on any atom is -0.297 e. The van der Waals surface area contributed by atoms with E-state index in [9.17, 15) is 4.79 Å². The summed E-state index contributed by atoms with van der Waals surface area (Å²) in [5.74, 6) is 0. The monoisotopic (exact) mass is 336 g/mol. The lowest BCUT2D eigenvalue weighted by molar-refractivity contribution is 0.223. The molecule has 3 aromatic rings. The highest BCUT2D eigenvalue weighted by atomic mass is 16.1. The molecule has 0 N–H and O–H groups in total. The molecule has 0 fully saturated rings. The van der Waals surface area contributed by atoms with Crippen LogP contribution < -0.4 is 5.56 Å². The Morgan fingerprint density at radius 3 is 2.72 bits per heavy atom. The minimum absolute atomic E-state index is 0.00961. The van der Waals surface area contributed by atoms with Crippen molar-refractivity contribution in [3.8, 4) is 0 Å². The van der Waals surface area contributed by atoms with E-state index in [1.165, 1.54) is 5.56 Å². The zero-order valence-corrected chi connectivity index (χ0v) is 15.2. The second-order valence-corrected chi connectivity index (χ2v) is 6.76. The second-order valence-electron chi connectivity index (χ2n) is 6.76. The molecule has 130 valence electrons. The third kappa shape index (κ3) is 3.94. The zero-order valence-electron chi connectivity index (χ0n) is 15.2. The molecule has 0 aliphatic heterocycles. The van der Waals surface area contributed by atoms with Gasteiger partial charge in [0.1, 0.15) is 0 Å². The normalized spacial score (nSPS) is 12.7. The Kier molecular flexibility index (Phi) is 4.95. The summed E-state index contributed by atoms with van der Waals surface area (Å²) in [5.41, 5.74) is 4.06. The maximum absolute atomic E-state index is 12.6. The van der Waals surface area contributed by atoms with Crippen LogP contribution in [0.4, 0.5) is 0 Å². The lowest BCUT2D eigenvalue weighted by Crippen LogP contribution is -2.36. The van der Waals surface area contributed by atoms with Crippen LogP contribution in [0.3, 0.4) is 0 Å². The van der Waals surface area contributed by atoms with Crippen LogP contribution in [0.2, 0.25) is 0 Å². The van der Waals surface area contributed by atoms with E-state index in [1.54, 1.807) is 10.9 Å². The van der Waals surface area contributed by atoms with Gasteiger partial charge in [-0.05, 0) is 57.6 Å². The third-order valence-electron chi connectivity index (χ3n) is 4.51. The van der Waals surface area contributed by atoms with E-state index in [0.717, 1.165) is 23.4 Å². The quantitative estimate of drug-likeness (QED) is 0.719. The summed E-state index contributed by atoms with van der Waals surface area (Å²) in [6.07, 6.45) is 1.64. The van der Waals surface area contributed by atoms with Gasteiger partial charge in [0.25, 0.3) is 5.56 Å². The number of hydrogen-bond donors (Lipinski definition) is 0. The molecule has 5 heteroatoms. The molecule has 1 atom stereocenters. The topological polar surface area (TPSA) is 51.0 Å². The fourth-order valence-corrected chi connectivity index (χ4v) is 3.08. The van der Waals surface area contributed by atoms with Gasteiger partial charge in [0.2, 0.25) is 0 Å². The highest BCUT2D eigenvalue weighted by Crippen LogP contribution is 2.10. The average molecular weight is 336 g/mol. The molecule has 0 aliphatic rings. The fourth-order valence-electron chi connectivity index (χ4n) is 3.08. The predicted molar refractivity (Wildman–Crippen MR) is 101 cm³/mol. The molecule has 2 heterocycles. The average Bonchev–Trinajstić information content (AvgIpc) is 2.56. The van der Waals surface area contributed by atoms with Crippen molar-refractivity contribution in [1.82, 2.24) is 19.4 Å². The van der Waals surface area contributed by atoms with Gasteiger partial charge in [-0.2, -0.15) is 0 Å². The Bertz CT molecular complexity index is 928. The SMILES string of the molecule is Cc1cc(C)nc(CN(C)C(C)Cn2cnc3ccccc3c2=O)c1. The molecule has 25 heavy (non-hydrogen) atoms. The standard InChI is InChI=1S/C20H24N4O/c1-14-9-15(2)22-17(10-14)12-23(4)16(3)11-24-13-21-19-8-6-5-7-18(19)20(24)25/h5-10,13,16H,11-12H2,1-4H3. The lowest BCUT2D eigenvalue weighted by Gasteiger charge is -2.25. The van der Waals surface area contributed by atoms with Crippen molar-refractivity contribution in [3.63, 3.8) is 0 Å². The van der Waals surface area contributed by atoms with E-state index in [1.807, 2.05) is 31.2 Å². The van der Waals surface area contributed by atoms with Crippen LogP contribution in [0.25, 0.3) is 10.9 Å². The summed E-state index contributed by atoms with van der Waals surface area (Å²) in [4.78, 5) is 23.8. The van der Waals surface area contributed by atoms with Gasteiger partial charge in [0.05, 0.1) is 22.9 Å². The predicted octanol–water partition coefficient (Wildman–Crippen LogP) is 2.93. The first kappa shape index (κ1) is 17.3. The summed E-state index contributed by atoms with van der Waals surface area (Å²) < 4.78 is 1.69. The molecule has 0 spiro atoms. The molecular formula is C20H24N4O. The van der Waals surface area contributed by atoms with Crippen LogP contribution >= 0.6 is 0 Å². The minimum atomic E-state index is 0.00961. The van der Waals surface area contributed by atoms with E-state index < -0.39 is 0 Å². The van der Waals surface area contributed by atoms with E-state index in [-0.39, 0.29) is 11.6 Å². The largest absolute Gasteiger partial charge is 0.297 e. The summed E-state index contributed by atoms with van der Waals surface area (Å²) in [7, 11) is 2.06. The number of aryl methyl sites for hydroxylation is 2. The molecule has 0 radical (unpaired) electrons. The van der Waals surface area contributed by atoms with E-state index >= 15 is 0 Å². The molecule has 3 rings (SSSR count). The number of pyridine rings is 1. The molecule has 0 saturated carbocycles. The van der Waals surface area contributed by atoms with Gasteiger partial charge in [0.15, 0.2) is 0 Å². The van der Waals surface area contributed by atoms with Crippen LogP contribution in [-0.2, 0) is 13.1 Å². The van der Waals surface area contributed by atoms with E-state index in [2.05, 4.69) is 47.9 Å². The van der Waals surface area contributed by atoms with Crippen LogP contribution in [0.5, 0.6) is 0 Å². The van der Waals surface area contributed by atoms with E-state index in [4.69, 9.17) is 0 Å². The first-order valence-electron chi connectivity index (χ1n) is 8.52. The highest BCUT2D eigenvalue weighted by molar-refractivity contribution is 5.76. The van der Waals surface area contributed by atoms with Crippen molar-refractivity contribution in [3.05, 3.63) is 70.0 Å². The number of aromatic nitrogens is 3.